The van der Waals surface area contributed by atoms with E-state index in [4.69, 9.17) is 14.0 Å². The van der Waals surface area contributed by atoms with Gasteiger partial charge in [-0.3, -0.25) is 9.59 Å². The SMILES string of the molecule is COc1cc(CN(CC(=O)O)C(=O)c2cc(C3CC3)no2)cc(OC)c1. The largest absolute Gasteiger partial charge is 0.497 e. The van der Waals surface area contributed by atoms with Crippen molar-refractivity contribution in [3.63, 3.8) is 0 Å². The van der Waals surface area contributed by atoms with Gasteiger partial charge in [-0.15, -0.1) is 0 Å². The number of benzene rings is 1. The third-order valence-electron chi connectivity index (χ3n) is 4.13. The first-order valence-corrected chi connectivity index (χ1v) is 8.19. The molecule has 1 aromatic carbocycles. The minimum absolute atomic E-state index is 0.0445. The van der Waals surface area contributed by atoms with Gasteiger partial charge in [-0.1, -0.05) is 5.16 Å². The van der Waals surface area contributed by atoms with E-state index in [-0.39, 0.29) is 12.3 Å². The molecule has 0 atom stereocenters. The summed E-state index contributed by atoms with van der Waals surface area (Å²) in [6, 6.07) is 6.74. The van der Waals surface area contributed by atoms with Crippen LogP contribution in [0.1, 0.15) is 40.6 Å². The van der Waals surface area contributed by atoms with E-state index in [2.05, 4.69) is 5.16 Å². The van der Waals surface area contributed by atoms with E-state index in [0.717, 1.165) is 18.5 Å². The average Bonchev–Trinajstić information content (AvgIpc) is 3.36. The summed E-state index contributed by atoms with van der Waals surface area (Å²) in [7, 11) is 3.04. The molecule has 0 spiro atoms. The van der Waals surface area contributed by atoms with Crippen LogP contribution >= 0.6 is 0 Å². The normalized spacial score (nSPS) is 13.3. The molecule has 1 aromatic heterocycles. The summed E-state index contributed by atoms with van der Waals surface area (Å²) in [6.07, 6.45) is 2.06. The van der Waals surface area contributed by atoms with E-state index >= 15 is 0 Å². The van der Waals surface area contributed by atoms with E-state index < -0.39 is 18.4 Å². The van der Waals surface area contributed by atoms with Crippen molar-refractivity contribution in [2.24, 2.45) is 0 Å². The van der Waals surface area contributed by atoms with Gasteiger partial charge in [0.1, 0.15) is 18.0 Å². The molecule has 1 saturated carbocycles. The number of carbonyl (C=O) groups excluding carboxylic acids is 1. The maximum Gasteiger partial charge on any atom is 0.323 e. The Bertz CT molecular complexity index is 790. The lowest BCUT2D eigenvalue weighted by Crippen LogP contribution is -2.35. The average molecular weight is 360 g/mol. The van der Waals surface area contributed by atoms with Gasteiger partial charge in [-0.05, 0) is 30.5 Å². The highest BCUT2D eigenvalue weighted by atomic mass is 16.5. The van der Waals surface area contributed by atoms with E-state index in [1.807, 2.05) is 0 Å². The topological polar surface area (TPSA) is 102 Å². The van der Waals surface area contributed by atoms with Crippen LogP contribution in [0.25, 0.3) is 0 Å². The number of hydrogen-bond acceptors (Lipinski definition) is 6. The van der Waals surface area contributed by atoms with Crippen LogP contribution in [0.2, 0.25) is 0 Å². The zero-order chi connectivity index (χ0) is 18.7. The van der Waals surface area contributed by atoms with Gasteiger partial charge in [-0.25, -0.2) is 0 Å². The molecule has 1 N–H and O–H groups in total. The number of carboxylic acids is 1. The molecule has 0 unspecified atom stereocenters. The first kappa shape index (κ1) is 17.8. The van der Waals surface area contributed by atoms with Gasteiger partial charge >= 0.3 is 5.97 Å². The minimum Gasteiger partial charge on any atom is -0.497 e. The predicted molar refractivity (Wildman–Crippen MR) is 90.4 cm³/mol. The van der Waals surface area contributed by atoms with Gasteiger partial charge in [0.05, 0.1) is 19.9 Å². The van der Waals surface area contributed by atoms with Crippen molar-refractivity contribution >= 4 is 11.9 Å². The van der Waals surface area contributed by atoms with Gasteiger partial charge in [-0.2, -0.15) is 0 Å². The van der Waals surface area contributed by atoms with Gasteiger partial charge in [0, 0.05) is 24.6 Å². The second kappa shape index (κ2) is 7.47. The smallest absolute Gasteiger partial charge is 0.323 e. The number of ether oxygens (including phenoxy) is 2. The Balaban J connectivity index is 1.83. The molecule has 2 aromatic rings. The van der Waals surface area contributed by atoms with E-state index in [1.54, 1.807) is 24.3 Å². The Kier molecular flexibility index (Phi) is 5.11. The highest BCUT2D eigenvalue weighted by Crippen LogP contribution is 2.39. The number of aliphatic carboxylic acids is 1. The molecule has 1 aliphatic rings. The number of amides is 1. The molecule has 26 heavy (non-hydrogen) atoms. The van der Waals surface area contributed by atoms with Crippen molar-refractivity contribution in [3.8, 4) is 11.5 Å². The maximum atomic E-state index is 12.7. The summed E-state index contributed by atoms with van der Waals surface area (Å²) < 4.78 is 15.6. The number of aromatic nitrogens is 1. The highest BCUT2D eigenvalue weighted by molar-refractivity contribution is 5.93. The molecule has 3 rings (SSSR count). The van der Waals surface area contributed by atoms with Crippen molar-refractivity contribution in [3.05, 3.63) is 41.3 Å². The molecular weight excluding hydrogens is 340 g/mol. The lowest BCUT2D eigenvalue weighted by atomic mass is 10.1. The molecule has 1 fully saturated rings. The second-order valence-electron chi connectivity index (χ2n) is 6.17. The van der Waals surface area contributed by atoms with Crippen molar-refractivity contribution in [2.75, 3.05) is 20.8 Å². The fourth-order valence-corrected chi connectivity index (χ4v) is 2.66. The van der Waals surface area contributed by atoms with Gasteiger partial charge < -0.3 is 24.0 Å². The summed E-state index contributed by atoms with van der Waals surface area (Å²) in [5.41, 5.74) is 1.42. The zero-order valence-electron chi connectivity index (χ0n) is 14.6. The minimum atomic E-state index is -1.12. The standard InChI is InChI=1S/C18H20N2O6/c1-24-13-5-11(6-14(7-13)25-2)9-20(10-17(21)22)18(23)16-8-15(19-26-16)12-3-4-12/h5-8,12H,3-4,9-10H2,1-2H3,(H,21,22). The van der Waals surface area contributed by atoms with Crippen molar-refractivity contribution in [2.45, 2.75) is 25.3 Å². The third kappa shape index (κ3) is 4.14. The number of carboxylic acid groups (broad SMARTS) is 1. The van der Waals surface area contributed by atoms with Crippen molar-refractivity contribution in [1.29, 1.82) is 0 Å². The van der Waals surface area contributed by atoms with Crippen molar-refractivity contribution in [1.82, 2.24) is 10.1 Å². The molecule has 8 nitrogen and oxygen atoms in total. The van der Waals surface area contributed by atoms with Crippen LogP contribution in [0.4, 0.5) is 0 Å². The molecule has 1 amide bonds. The Morgan fingerprint density at radius 1 is 1.19 bits per heavy atom. The summed E-state index contributed by atoms with van der Waals surface area (Å²) in [5, 5.41) is 13.1. The Morgan fingerprint density at radius 2 is 1.85 bits per heavy atom. The summed E-state index contributed by atoms with van der Waals surface area (Å²) in [4.78, 5) is 25.1. The molecule has 1 heterocycles. The summed E-state index contributed by atoms with van der Waals surface area (Å²) >= 11 is 0. The van der Waals surface area contributed by atoms with Crippen LogP contribution in [-0.2, 0) is 11.3 Å². The van der Waals surface area contributed by atoms with E-state index in [1.165, 1.54) is 19.1 Å². The van der Waals surface area contributed by atoms with Gasteiger partial charge in [0.15, 0.2) is 0 Å². The molecule has 0 saturated heterocycles. The van der Waals surface area contributed by atoms with Crippen LogP contribution in [0.15, 0.2) is 28.8 Å². The number of rotatable bonds is 8. The number of carbonyl (C=O) groups is 2. The third-order valence-corrected chi connectivity index (χ3v) is 4.13. The molecule has 0 radical (unpaired) electrons. The van der Waals surface area contributed by atoms with Crippen LogP contribution in [0.5, 0.6) is 11.5 Å². The van der Waals surface area contributed by atoms with Gasteiger partial charge in [0.25, 0.3) is 5.91 Å². The number of nitrogens with zero attached hydrogens (tertiary/aromatic N) is 2. The Hall–Kier alpha value is -3.03. The summed E-state index contributed by atoms with van der Waals surface area (Å²) in [5.74, 6) is -0.141. The van der Waals surface area contributed by atoms with Crippen LogP contribution in [0.3, 0.4) is 0 Å². The number of methoxy groups -OCH3 is 2. The lowest BCUT2D eigenvalue weighted by Gasteiger charge is -2.20. The second-order valence-corrected chi connectivity index (χ2v) is 6.17. The van der Waals surface area contributed by atoms with E-state index in [9.17, 15) is 14.7 Å². The number of hydrogen-bond donors (Lipinski definition) is 1. The molecular formula is C18H20N2O6. The quantitative estimate of drug-likeness (QED) is 0.770. The predicted octanol–water partition coefficient (Wildman–Crippen LogP) is 2.30. The molecule has 0 bridgehead atoms. The molecule has 1 aliphatic carbocycles. The highest BCUT2D eigenvalue weighted by Gasteiger charge is 2.30. The molecule has 8 heteroatoms. The Morgan fingerprint density at radius 3 is 2.38 bits per heavy atom. The fourth-order valence-electron chi connectivity index (χ4n) is 2.66. The zero-order valence-corrected chi connectivity index (χ0v) is 14.6. The first-order chi connectivity index (χ1) is 12.5. The van der Waals surface area contributed by atoms with E-state index in [0.29, 0.717) is 23.0 Å². The molecule has 0 aliphatic heterocycles. The lowest BCUT2D eigenvalue weighted by molar-refractivity contribution is -0.137. The van der Waals surface area contributed by atoms with Crippen LogP contribution in [0, 0.1) is 0 Å². The monoisotopic (exact) mass is 360 g/mol. The van der Waals surface area contributed by atoms with Crippen LogP contribution in [-0.4, -0.2) is 47.8 Å². The maximum absolute atomic E-state index is 12.7. The Labute approximate surface area is 150 Å². The molecule has 138 valence electrons. The first-order valence-electron chi connectivity index (χ1n) is 8.19. The fraction of sp³-hybridized carbons (Fsp3) is 0.389. The van der Waals surface area contributed by atoms with Gasteiger partial charge in [0.2, 0.25) is 5.76 Å². The van der Waals surface area contributed by atoms with Crippen LogP contribution < -0.4 is 9.47 Å². The van der Waals surface area contributed by atoms with Crippen molar-refractivity contribution < 1.29 is 28.7 Å². The summed E-state index contributed by atoms with van der Waals surface area (Å²) in [6.45, 7) is -0.393.